The second-order valence-electron chi connectivity index (χ2n) is 11.2. The lowest BCUT2D eigenvalue weighted by Gasteiger charge is -2.32. The average molecular weight is 424 g/mol. The van der Waals surface area contributed by atoms with Gasteiger partial charge in [0.2, 0.25) is 5.91 Å². The van der Waals surface area contributed by atoms with E-state index < -0.39 is 5.41 Å². The number of phenolic OH excluding ortho intramolecular Hbond substituents is 1. The minimum Gasteiger partial charge on any atom is -0.507 e. The summed E-state index contributed by atoms with van der Waals surface area (Å²) in [6.45, 7) is 20.7. The van der Waals surface area contributed by atoms with Crippen LogP contribution in [-0.4, -0.2) is 11.0 Å². The van der Waals surface area contributed by atoms with Gasteiger partial charge < -0.3 is 10.4 Å². The molecule has 0 unspecified atom stereocenters. The maximum absolute atomic E-state index is 13.6. The summed E-state index contributed by atoms with van der Waals surface area (Å²) in [5.41, 5.74) is 4.67. The highest BCUT2D eigenvalue weighted by Gasteiger charge is 2.35. The first-order valence-corrected chi connectivity index (χ1v) is 11.4. The summed E-state index contributed by atoms with van der Waals surface area (Å²) in [7, 11) is 0. The van der Waals surface area contributed by atoms with Crippen molar-refractivity contribution in [1.82, 2.24) is 0 Å². The molecule has 0 aliphatic carbocycles. The van der Waals surface area contributed by atoms with E-state index in [1.54, 1.807) is 0 Å². The van der Waals surface area contributed by atoms with E-state index in [4.69, 9.17) is 0 Å². The quantitative estimate of drug-likeness (QED) is 0.542. The molecule has 0 saturated heterocycles. The van der Waals surface area contributed by atoms with Crippen molar-refractivity contribution < 1.29 is 9.90 Å². The number of rotatable bonds is 5. The molecule has 0 atom stereocenters. The normalized spacial score (nSPS) is 12.7. The highest BCUT2D eigenvalue weighted by Crippen LogP contribution is 2.42. The van der Waals surface area contributed by atoms with E-state index in [0.717, 1.165) is 46.3 Å². The third kappa shape index (κ3) is 5.14. The lowest BCUT2D eigenvalue weighted by Crippen LogP contribution is -2.36. The highest BCUT2D eigenvalue weighted by atomic mass is 16.3. The van der Waals surface area contributed by atoms with Gasteiger partial charge in [-0.3, -0.25) is 4.79 Å². The third-order valence-corrected chi connectivity index (χ3v) is 6.25. The molecular formula is C28H41NO2. The summed E-state index contributed by atoms with van der Waals surface area (Å²) in [5.74, 6) is 0.304. The zero-order valence-corrected chi connectivity index (χ0v) is 21.2. The molecule has 0 radical (unpaired) electrons. The van der Waals surface area contributed by atoms with E-state index in [1.807, 2.05) is 26.0 Å². The number of nitrogens with one attached hydrogen (secondary N) is 1. The van der Waals surface area contributed by atoms with Crippen LogP contribution >= 0.6 is 0 Å². The minimum absolute atomic E-state index is 0.0338. The van der Waals surface area contributed by atoms with Gasteiger partial charge >= 0.3 is 0 Å². The summed E-state index contributed by atoms with van der Waals surface area (Å²) >= 11 is 0. The number of aryl methyl sites for hydroxylation is 2. The van der Waals surface area contributed by atoms with E-state index in [-0.39, 0.29) is 16.7 Å². The lowest BCUT2D eigenvalue weighted by atomic mass is 9.74. The predicted octanol–water partition coefficient (Wildman–Crippen LogP) is 7.03. The average Bonchev–Trinajstić information content (AvgIpc) is 2.66. The number of phenols is 1. The summed E-state index contributed by atoms with van der Waals surface area (Å²) in [4.78, 5) is 13.6. The van der Waals surface area contributed by atoms with Crippen LogP contribution in [0.3, 0.4) is 0 Å². The fourth-order valence-electron chi connectivity index (χ4n) is 3.94. The second kappa shape index (κ2) is 8.68. The Hall–Kier alpha value is -2.29. The zero-order chi connectivity index (χ0) is 23.8. The molecule has 2 rings (SSSR count). The number of para-hydroxylation sites is 1. The molecule has 2 aromatic rings. The van der Waals surface area contributed by atoms with Crippen molar-refractivity contribution in [2.24, 2.45) is 0 Å². The Kier molecular flexibility index (Phi) is 7.00. The zero-order valence-electron chi connectivity index (χ0n) is 21.2. The first kappa shape index (κ1) is 25.0. The van der Waals surface area contributed by atoms with Gasteiger partial charge in [0.1, 0.15) is 5.75 Å². The van der Waals surface area contributed by atoms with Crippen molar-refractivity contribution >= 4 is 11.6 Å². The molecule has 170 valence electrons. The van der Waals surface area contributed by atoms with Crippen molar-refractivity contribution in [3.05, 3.63) is 58.1 Å². The molecule has 31 heavy (non-hydrogen) atoms. The molecule has 1 amide bonds. The van der Waals surface area contributed by atoms with Crippen LogP contribution in [0, 0.1) is 0 Å². The molecule has 0 spiro atoms. The Labute approximate surface area is 189 Å². The van der Waals surface area contributed by atoms with Gasteiger partial charge in [-0.25, -0.2) is 0 Å². The van der Waals surface area contributed by atoms with Crippen molar-refractivity contribution in [3.8, 4) is 5.75 Å². The van der Waals surface area contributed by atoms with Crippen LogP contribution in [0.25, 0.3) is 0 Å². The number of benzene rings is 2. The molecule has 0 bridgehead atoms. The molecule has 2 N–H and O–H groups in total. The molecule has 3 nitrogen and oxygen atoms in total. The van der Waals surface area contributed by atoms with E-state index in [9.17, 15) is 9.90 Å². The number of anilines is 1. The van der Waals surface area contributed by atoms with Gasteiger partial charge in [0.25, 0.3) is 0 Å². The van der Waals surface area contributed by atoms with E-state index in [2.05, 4.69) is 78.9 Å². The summed E-state index contributed by atoms with van der Waals surface area (Å²) < 4.78 is 0. The molecule has 0 aliphatic rings. The third-order valence-electron chi connectivity index (χ3n) is 6.25. The fraction of sp³-hybridized carbons (Fsp3) is 0.536. The van der Waals surface area contributed by atoms with E-state index in [0.29, 0.717) is 5.75 Å². The maximum Gasteiger partial charge on any atom is 0.234 e. The van der Waals surface area contributed by atoms with E-state index in [1.165, 1.54) is 0 Å². The van der Waals surface area contributed by atoms with Gasteiger partial charge in [0.05, 0.1) is 5.41 Å². The number of carbonyl (C=O) groups is 1. The van der Waals surface area contributed by atoms with Gasteiger partial charge in [-0.2, -0.15) is 0 Å². The summed E-state index contributed by atoms with van der Waals surface area (Å²) in [6.07, 6.45) is 1.73. The van der Waals surface area contributed by atoms with Gasteiger partial charge in [-0.05, 0) is 65.3 Å². The molecule has 0 aliphatic heterocycles. The molecular weight excluding hydrogens is 382 g/mol. The van der Waals surface area contributed by atoms with Crippen molar-refractivity contribution in [1.29, 1.82) is 0 Å². The van der Waals surface area contributed by atoms with Crippen LogP contribution in [0.15, 0.2) is 30.3 Å². The van der Waals surface area contributed by atoms with E-state index >= 15 is 0 Å². The number of aromatic hydroxyl groups is 1. The minimum atomic E-state index is -0.764. The van der Waals surface area contributed by atoms with Crippen molar-refractivity contribution in [2.45, 2.75) is 98.3 Å². The lowest BCUT2D eigenvalue weighted by molar-refractivity contribution is -0.120. The van der Waals surface area contributed by atoms with Crippen LogP contribution in [-0.2, 0) is 33.9 Å². The molecule has 0 saturated carbocycles. The van der Waals surface area contributed by atoms with Crippen LogP contribution in [0.4, 0.5) is 5.69 Å². The predicted molar refractivity (Wildman–Crippen MR) is 132 cm³/mol. The van der Waals surface area contributed by atoms with Gasteiger partial charge in [-0.15, -0.1) is 0 Å². The Balaban J connectivity index is 2.61. The largest absolute Gasteiger partial charge is 0.507 e. The Morgan fingerprint density at radius 1 is 0.839 bits per heavy atom. The highest BCUT2D eigenvalue weighted by molar-refractivity contribution is 5.99. The van der Waals surface area contributed by atoms with Crippen molar-refractivity contribution in [2.75, 3.05) is 5.32 Å². The number of hydrogen-bond donors (Lipinski definition) is 2. The van der Waals surface area contributed by atoms with Gasteiger partial charge in [-0.1, -0.05) is 85.7 Å². The smallest absolute Gasteiger partial charge is 0.234 e. The second-order valence-corrected chi connectivity index (χ2v) is 11.2. The summed E-state index contributed by atoms with van der Waals surface area (Å²) in [6, 6.07) is 10.2. The van der Waals surface area contributed by atoms with Crippen LogP contribution in [0.5, 0.6) is 5.75 Å². The summed E-state index contributed by atoms with van der Waals surface area (Å²) in [5, 5.41) is 14.3. The fourth-order valence-corrected chi connectivity index (χ4v) is 3.94. The molecule has 0 aromatic heterocycles. The number of amides is 1. The SMILES string of the molecule is CCc1cccc(CC)c1NC(=O)C(C)(C)c1cc(C(C)(C)C)c(O)c(C(C)(C)C)c1. The molecule has 0 fully saturated rings. The van der Waals surface area contributed by atoms with Gasteiger partial charge in [0.15, 0.2) is 0 Å². The standard InChI is InChI=1S/C28H41NO2/c1-11-18-14-13-15-19(12-2)23(18)29-25(31)28(9,10)20-16-21(26(3,4)5)24(30)22(17-20)27(6,7)8/h13-17,30H,11-12H2,1-10H3,(H,29,31). The Morgan fingerprint density at radius 3 is 1.61 bits per heavy atom. The van der Waals surface area contributed by atoms with Crippen LogP contribution < -0.4 is 5.32 Å². The van der Waals surface area contributed by atoms with Crippen LogP contribution in [0.1, 0.15) is 97.1 Å². The topological polar surface area (TPSA) is 49.3 Å². The van der Waals surface area contributed by atoms with Crippen molar-refractivity contribution in [3.63, 3.8) is 0 Å². The molecule has 3 heteroatoms. The first-order chi connectivity index (χ1) is 14.1. The van der Waals surface area contributed by atoms with Gasteiger partial charge in [0, 0.05) is 5.69 Å². The maximum atomic E-state index is 13.6. The monoisotopic (exact) mass is 423 g/mol. The molecule has 0 heterocycles. The number of hydrogen-bond acceptors (Lipinski definition) is 2. The Morgan fingerprint density at radius 2 is 1.26 bits per heavy atom. The van der Waals surface area contributed by atoms with Crippen LogP contribution in [0.2, 0.25) is 0 Å². The molecule has 2 aromatic carbocycles. The number of carbonyl (C=O) groups excluding carboxylic acids is 1. The Bertz CT molecular complexity index is 899. The first-order valence-electron chi connectivity index (χ1n) is 11.4.